The van der Waals surface area contributed by atoms with Crippen molar-refractivity contribution in [1.29, 1.82) is 0 Å². The summed E-state index contributed by atoms with van der Waals surface area (Å²) in [5.74, 6) is 0.904. The third-order valence-electron chi connectivity index (χ3n) is 5.30. The predicted octanol–water partition coefficient (Wildman–Crippen LogP) is 4.98. The van der Waals surface area contributed by atoms with Crippen LogP contribution in [0.5, 0.6) is 5.75 Å². The number of rotatable bonds is 4. The lowest BCUT2D eigenvalue weighted by molar-refractivity contribution is 0.305. The Balaban J connectivity index is 1.44. The van der Waals surface area contributed by atoms with E-state index in [9.17, 15) is 0 Å². The molecule has 3 heteroatoms. The van der Waals surface area contributed by atoms with E-state index in [4.69, 9.17) is 4.74 Å². The third-order valence-corrected chi connectivity index (χ3v) is 5.30. The Kier molecular flexibility index (Phi) is 4.15. The number of para-hydroxylation sites is 1. The lowest BCUT2D eigenvalue weighted by atomic mass is 9.94. The van der Waals surface area contributed by atoms with Crippen LogP contribution in [0.15, 0.2) is 78.9 Å². The van der Waals surface area contributed by atoms with E-state index in [-0.39, 0.29) is 6.04 Å². The molecule has 3 aromatic carbocycles. The highest BCUT2D eigenvalue weighted by molar-refractivity contribution is 5.85. The maximum Gasteiger partial charge on any atom is 0.120 e. The van der Waals surface area contributed by atoms with Gasteiger partial charge in [0.25, 0.3) is 0 Å². The molecule has 0 spiro atoms. The molecule has 0 aliphatic carbocycles. The monoisotopic (exact) mass is 354 g/mol. The number of aromatic nitrogens is 1. The van der Waals surface area contributed by atoms with E-state index < -0.39 is 0 Å². The maximum atomic E-state index is 6.03. The molecule has 1 unspecified atom stereocenters. The average molecular weight is 354 g/mol. The number of ether oxygens (including phenoxy) is 1. The molecule has 0 saturated carbocycles. The number of nitrogens with one attached hydrogen (secondary N) is 2. The van der Waals surface area contributed by atoms with Crippen LogP contribution in [0.1, 0.15) is 28.4 Å². The highest BCUT2D eigenvalue weighted by Gasteiger charge is 2.25. The highest BCUT2D eigenvalue weighted by atomic mass is 16.5. The van der Waals surface area contributed by atoms with E-state index in [1.165, 1.54) is 33.3 Å². The molecule has 1 aromatic heterocycles. The van der Waals surface area contributed by atoms with Gasteiger partial charge in [0.15, 0.2) is 0 Å². The minimum Gasteiger partial charge on any atom is -0.489 e. The first-order valence-electron chi connectivity index (χ1n) is 9.48. The summed E-state index contributed by atoms with van der Waals surface area (Å²) in [4.78, 5) is 3.64. The van der Waals surface area contributed by atoms with Gasteiger partial charge in [0.1, 0.15) is 12.4 Å². The predicted molar refractivity (Wildman–Crippen MR) is 109 cm³/mol. The lowest BCUT2D eigenvalue weighted by Gasteiger charge is -2.25. The molecule has 0 radical (unpaired) electrons. The van der Waals surface area contributed by atoms with Crippen molar-refractivity contribution in [3.63, 3.8) is 0 Å². The Morgan fingerprint density at radius 3 is 2.67 bits per heavy atom. The van der Waals surface area contributed by atoms with Gasteiger partial charge in [-0.3, -0.25) is 0 Å². The number of hydrogen-bond donors (Lipinski definition) is 2. The van der Waals surface area contributed by atoms with Gasteiger partial charge in [0.2, 0.25) is 0 Å². The van der Waals surface area contributed by atoms with Crippen LogP contribution in [0.4, 0.5) is 0 Å². The van der Waals surface area contributed by atoms with Crippen LogP contribution in [-0.2, 0) is 13.0 Å². The maximum absolute atomic E-state index is 6.03. The molecule has 1 aliphatic heterocycles. The van der Waals surface area contributed by atoms with Gasteiger partial charge in [0.05, 0.1) is 6.04 Å². The topological polar surface area (TPSA) is 37.0 Å². The number of fused-ring (bicyclic) bond motifs is 3. The second-order valence-electron chi connectivity index (χ2n) is 7.05. The minimum absolute atomic E-state index is 0.168. The summed E-state index contributed by atoms with van der Waals surface area (Å²) in [6, 6.07) is 27.5. The lowest BCUT2D eigenvalue weighted by Crippen LogP contribution is -2.30. The van der Waals surface area contributed by atoms with Crippen LogP contribution in [-0.4, -0.2) is 11.5 Å². The normalized spacial score (nSPS) is 16.2. The average Bonchev–Trinajstić information content (AvgIpc) is 3.12. The van der Waals surface area contributed by atoms with Gasteiger partial charge in [-0.1, -0.05) is 60.7 Å². The van der Waals surface area contributed by atoms with Crippen LogP contribution in [0.2, 0.25) is 0 Å². The summed E-state index contributed by atoms with van der Waals surface area (Å²) in [6.07, 6.45) is 1.06. The molecular weight excluding hydrogens is 332 g/mol. The fourth-order valence-corrected chi connectivity index (χ4v) is 3.99. The fraction of sp³-hybridized carbons (Fsp3) is 0.167. The van der Waals surface area contributed by atoms with Crippen molar-refractivity contribution in [2.24, 2.45) is 0 Å². The van der Waals surface area contributed by atoms with Crippen LogP contribution >= 0.6 is 0 Å². The number of aromatic amines is 1. The standard InChI is InChI=1S/C24H22N2O/c1-2-7-17(8-3-1)16-27-19-10-6-9-18(15-19)23-24-21(13-14-25-23)20-11-4-5-12-22(20)26-24/h1-12,15,23,25-26H,13-14,16H2. The Morgan fingerprint density at radius 1 is 0.889 bits per heavy atom. The number of hydrogen-bond acceptors (Lipinski definition) is 2. The van der Waals surface area contributed by atoms with Gasteiger partial charge in [-0.25, -0.2) is 0 Å². The van der Waals surface area contributed by atoms with Crippen molar-refractivity contribution < 1.29 is 4.74 Å². The first-order chi connectivity index (χ1) is 13.4. The molecule has 2 N–H and O–H groups in total. The van der Waals surface area contributed by atoms with E-state index in [0.29, 0.717) is 6.61 Å². The molecule has 3 nitrogen and oxygen atoms in total. The van der Waals surface area contributed by atoms with Crippen molar-refractivity contribution >= 4 is 10.9 Å². The highest BCUT2D eigenvalue weighted by Crippen LogP contribution is 2.34. The van der Waals surface area contributed by atoms with Gasteiger partial charge in [-0.05, 0) is 41.3 Å². The van der Waals surface area contributed by atoms with Crippen LogP contribution in [0.25, 0.3) is 10.9 Å². The molecule has 0 bridgehead atoms. The van der Waals surface area contributed by atoms with E-state index in [1.54, 1.807) is 0 Å². The zero-order chi connectivity index (χ0) is 18.1. The van der Waals surface area contributed by atoms with Crippen molar-refractivity contribution in [3.05, 3.63) is 101 Å². The summed E-state index contributed by atoms with van der Waals surface area (Å²) in [5, 5.41) is 5.01. The second-order valence-corrected chi connectivity index (χ2v) is 7.05. The summed E-state index contributed by atoms with van der Waals surface area (Å²) < 4.78 is 6.03. The van der Waals surface area contributed by atoms with Crippen LogP contribution in [0, 0.1) is 0 Å². The Labute approximate surface area is 159 Å². The van der Waals surface area contributed by atoms with Crippen molar-refractivity contribution in [2.45, 2.75) is 19.1 Å². The van der Waals surface area contributed by atoms with E-state index in [0.717, 1.165) is 18.7 Å². The zero-order valence-corrected chi connectivity index (χ0v) is 15.1. The van der Waals surface area contributed by atoms with Gasteiger partial charge < -0.3 is 15.0 Å². The quantitative estimate of drug-likeness (QED) is 0.542. The second kappa shape index (κ2) is 6.93. The molecule has 4 aromatic rings. The Hall–Kier alpha value is -3.04. The molecule has 0 amide bonds. The summed E-state index contributed by atoms with van der Waals surface area (Å²) >= 11 is 0. The van der Waals surface area contributed by atoms with Crippen molar-refractivity contribution in [2.75, 3.05) is 6.54 Å². The number of benzene rings is 3. The minimum atomic E-state index is 0.168. The molecule has 27 heavy (non-hydrogen) atoms. The van der Waals surface area contributed by atoms with Gasteiger partial charge in [-0.2, -0.15) is 0 Å². The summed E-state index contributed by atoms with van der Waals surface area (Å²) in [7, 11) is 0. The smallest absolute Gasteiger partial charge is 0.120 e. The molecule has 0 saturated heterocycles. The molecule has 5 rings (SSSR count). The van der Waals surface area contributed by atoms with E-state index in [1.807, 2.05) is 24.3 Å². The van der Waals surface area contributed by atoms with Crippen molar-refractivity contribution in [1.82, 2.24) is 10.3 Å². The Bertz CT molecular complexity index is 1070. The SMILES string of the molecule is c1ccc(COc2cccc(C3NCCc4c3[nH]c3ccccc43)c2)cc1. The van der Waals surface area contributed by atoms with Crippen molar-refractivity contribution in [3.8, 4) is 5.75 Å². The van der Waals surface area contributed by atoms with E-state index in [2.05, 4.69) is 64.9 Å². The molecule has 0 fully saturated rings. The van der Waals surface area contributed by atoms with Crippen LogP contribution < -0.4 is 10.1 Å². The molecule has 1 aliphatic rings. The largest absolute Gasteiger partial charge is 0.489 e. The summed E-state index contributed by atoms with van der Waals surface area (Å²) in [5.41, 5.74) is 6.34. The van der Waals surface area contributed by atoms with Gasteiger partial charge in [0, 0.05) is 23.1 Å². The van der Waals surface area contributed by atoms with Gasteiger partial charge >= 0.3 is 0 Å². The fourth-order valence-electron chi connectivity index (χ4n) is 3.99. The van der Waals surface area contributed by atoms with Crippen LogP contribution in [0.3, 0.4) is 0 Å². The number of H-pyrrole nitrogens is 1. The first-order valence-corrected chi connectivity index (χ1v) is 9.48. The Morgan fingerprint density at radius 2 is 1.74 bits per heavy atom. The molecule has 134 valence electrons. The summed E-state index contributed by atoms with van der Waals surface area (Å²) in [6.45, 7) is 1.56. The first kappa shape index (κ1) is 16.2. The third kappa shape index (κ3) is 3.11. The zero-order valence-electron chi connectivity index (χ0n) is 15.1. The van der Waals surface area contributed by atoms with E-state index >= 15 is 0 Å². The molecule has 1 atom stereocenters. The molecule has 2 heterocycles. The van der Waals surface area contributed by atoms with Gasteiger partial charge in [-0.15, -0.1) is 0 Å². The molecular formula is C24H22N2O.